The Morgan fingerprint density at radius 1 is 0.971 bits per heavy atom. The number of rotatable bonds is 7. The molecule has 2 saturated heterocycles. The Kier molecular flexibility index (Phi) is 7.98. The third kappa shape index (κ3) is 6.13. The van der Waals surface area contributed by atoms with E-state index in [4.69, 9.17) is 16.3 Å². The van der Waals surface area contributed by atoms with Crippen molar-refractivity contribution in [2.45, 2.75) is 43.4 Å². The van der Waals surface area contributed by atoms with Gasteiger partial charge in [-0.3, -0.25) is 4.79 Å². The molecule has 35 heavy (non-hydrogen) atoms. The zero-order valence-electron chi connectivity index (χ0n) is 19.4. The molecule has 2 heterocycles. The van der Waals surface area contributed by atoms with Gasteiger partial charge in [-0.05, 0) is 74.6 Å². The molecule has 0 N–H and O–H groups in total. The highest BCUT2D eigenvalue weighted by atomic mass is 35.5. The fraction of sp³-hybridized carbons (Fsp3) is 0.480. The van der Waals surface area contributed by atoms with Crippen LogP contribution < -0.4 is 4.74 Å². The maximum atomic E-state index is 13.8. The van der Waals surface area contributed by atoms with Gasteiger partial charge in [0.05, 0.1) is 11.5 Å². The lowest BCUT2D eigenvalue weighted by Gasteiger charge is -2.42. The van der Waals surface area contributed by atoms with Gasteiger partial charge in [-0.15, -0.1) is 0 Å². The number of hydrogen-bond acceptors (Lipinski definition) is 4. The largest absolute Gasteiger partial charge is 0.493 e. The second kappa shape index (κ2) is 10.8. The lowest BCUT2D eigenvalue weighted by atomic mass is 9.78. The molecule has 0 spiro atoms. The summed E-state index contributed by atoms with van der Waals surface area (Å²) in [4.78, 5) is 14.8. The first-order valence-corrected chi connectivity index (χ1v) is 13.6. The van der Waals surface area contributed by atoms with Crippen LogP contribution in [0.15, 0.2) is 47.4 Å². The van der Waals surface area contributed by atoms with Gasteiger partial charge < -0.3 is 9.64 Å². The van der Waals surface area contributed by atoms with Gasteiger partial charge in [0.1, 0.15) is 5.75 Å². The van der Waals surface area contributed by atoms with Crippen LogP contribution in [-0.2, 0) is 14.8 Å². The van der Waals surface area contributed by atoms with Crippen LogP contribution in [0.25, 0.3) is 0 Å². The van der Waals surface area contributed by atoms with Crippen LogP contribution in [0.2, 0.25) is 5.02 Å². The van der Waals surface area contributed by atoms with Crippen molar-refractivity contribution >= 4 is 27.5 Å². The van der Waals surface area contributed by atoms with E-state index < -0.39 is 27.1 Å². The van der Waals surface area contributed by atoms with Crippen LogP contribution in [-0.4, -0.2) is 56.3 Å². The fourth-order valence-corrected chi connectivity index (χ4v) is 6.54. The number of carbonyl (C=O) groups excluding carboxylic acids is 1. The van der Waals surface area contributed by atoms with Gasteiger partial charge in [0.15, 0.2) is 11.6 Å². The van der Waals surface area contributed by atoms with Gasteiger partial charge in [-0.2, -0.15) is 4.31 Å². The van der Waals surface area contributed by atoms with Gasteiger partial charge >= 0.3 is 0 Å². The third-order valence-corrected chi connectivity index (χ3v) is 8.84. The van der Waals surface area contributed by atoms with Crippen molar-refractivity contribution in [3.8, 4) is 5.75 Å². The molecule has 0 aromatic heterocycles. The van der Waals surface area contributed by atoms with Crippen molar-refractivity contribution in [3.05, 3.63) is 59.1 Å². The quantitative estimate of drug-likeness (QED) is 0.516. The van der Waals surface area contributed by atoms with Crippen LogP contribution in [0.4, 0.5) is 8.78 Å². The van der Waals surface area contributed by atoms with E-state index in [1.165, 1.54) is 4.31 Å². The molecular weight excluding hydrogens is 498 g/mol. The van der Waals surface area contributed by atoms with Gasteiger partial charge in [0.25, 0.3) is 0 Å². The number of ether oxygens (including phenoxy) is 1. The third-order valence-electron chi connectivity index (χ3n) is 6.75. The second-order valence-corrected chi connectivity index (χ2v) is 11.8. The highest BCUT2D eigenvalue weighted by molar-refractivity contribution is 7.89. The first-order chi connectivity index (χ1) is 16.7. The van der Waals surface area contributed by atoms with E-state index in [0.717, 1.165) is 31.4 Å². The number of carbonyl (C=O) groups is 1. The van der Waals surface area contributed by atoms with Crippen molar-refractivity contribution < 1.29 is 26.7 Å². The van der Waals surface area contributed by atoms with E-state index in [1.54, 1.807) is 24.3 Å². The Morgan fingerprint density at radius 3 is 2.37 bits per heavy atom. The summed E-state index contributed by atoms with van der Waals surface area (Å²) in [5, 5.41) is 0.564. The Balaban J connectivity index is 1.58. The fourth-order valence-electron chi connectivity index (χ4n) is 4.81. The molecule has 190 valence electrons. The highest BCUT2D eigenvalue weighted by Gasteiger charge is 2.43. The minimum atomic E-state index is -4.09. The zero-order valence-corrected chi connectivity index (χ0v) is 21.0. The molecule has 0 radical (unpaired) electrons. The van der Waals surface area contributed by atoms with Crippen molar-refractivity contribution in [2.75, 3.05) is 32.8 Å². The molecule has 2 aromatic carbocycles. The molecule has 2 fully saturated rings. The number of likely N-dealkylation sites (tertiary alicyclic amines) is 1. The maximum Gasteiger partial charge on any atom is 0.243 e. The predicted octanol–water partition coefficient (Wildman–Crippen LogP) is 4.87. The smallest absolute Gasteiger partial charge is 0.243 e. The first-order valence-electron chi connectivity index (χ1n) is 11.8. The number of hydrogen-bond donors (Lipinski definition) is 0. The molecule has 10 heteroatoms. The number of benzene rings is 2. The molecule has 6 nitrogen and oxygen atoms in total. The summed E-state index contributed by atoms with van der Waals surface area (Å²) in [6.07, 6.45) is 4.26. The Hall–Kier alpha value is -2.23. The van der Waals surface area contributed by atoms with Gasteiger partial charge in [0, 0.05) is 43.0 Å². The molecule has 0 unspecified atom stereocenters. The van der Waals surface area contributed by atoms with Gasteiger partial charge in [-0.25, -0.2) is 17.2 Å². The van der Waals surface area contributed by atoms with E-state index in [2.05, 4.69) is 0 Å². The van der Waals surface area contributed by atoms with E-state index in [0.29, 0.717) is 42.8 Å². The number of sulfonamides is 1. The summed E-state index contributed by atoms with van der Waals surface area (Å²) in [7, 11) is -4.09. The van der Waals surface area contributed by atoms with Gasteiger partial charge in [-0.1, -0.05) is 11.6 Å². The number of piperidine rings is 2. The molecule has 0 aliphatic carbocycles. The van der Waals surface area contributed by atoms with Crippen LogP contribution >= 0.6 is 11.6 Å². The highest BCUT2D eigenvalue weighted by Crippen LogP contribution is 2.38. The Bertz CT molecular complexity index is 1160. The second-order valence-electron chi connectivity index (χ2n) is 9.38. The summed E-state index contributed by atoms with van der Waals surface area (Å²) < 4.78 is 61.2. The molecule has 4 rings (SSSR count). The van der Waals surface area contributed by atoms with Crippen LogP contribution in [0, 0.1) is 17.0 Å². The van der Waals surface area contributed by atoms with E-state index in [1.807, 2.05) is 4.90 Å². The molecule has 0 saturated carbocycles. The monoisotopic (exact) mass is 526 g/mol. The molecule has 2 aliphatic rings. The minimum absolute atomic E-state index is 0.0171. The van der Waals surface area contributed by atoms with Crippen molar-refractivity contribution in [1.82, 2.24) is 9.21 Å². The summed E-state index contributed by atoms with van der Waals surface area (Å²) in [5.41, 5.74) is -0.766. The van der Waals surface area contributed by atoms with Crippen molar-refractivity contribution in [2.24, 2.45) is 5.41 Å². The Labute approximate surface area is 209 Å². The summed E-state index contributed by atoms with van der Waals surface area (Å²) in [6.45, 7) is 1.80. The van der Waals surface area contributed by atoms with E-state index >= 15 is 0 Å². The molecule has 1 atom stereocenters. The predicted molar refractivity (Wildman–Crippen MR) is 129 cm³/mol. The average Bonchev–Trinajstić information content (AvgIpc) is 2.86. The molecule has 0 bridgehead atoms. The normalized spacial score (nSPS) is 21.6. The number of nitrogens with zero attached hydrogens (tertiary/aromatic N) is 2. The average molecular weight is 527 g/mol. The number of amides is 1. The summed E-state index contributed by atoms with van der Waals surface area (Å²) in [6, 6.07) is 9.41. The summed E-state index contributed by atoms with van der Waals surface area (Å²) >= 11 is 5.96. The molecule has 1 amide bonds. The lowest BCUT2D eigenvalue weighted by Crippen LogP contribution is -2.51. The molecule has 2 aliphatic heterocycles. The van der Waals surface area contributed by atoms with Crippen molar-refractivity contribution in [1.29, 1.82) is 0 Å². The zero-order chi connectivity index (χ0) is 25.1. The van der Waals surface area contributed by atoms with Crippen LogP contribution in [0.3, 0.4) is 0 Å². The molecular formula is C25H29ClF2N2O4S. The van der Waals surface area contributed by atoms with Crippen molar-refractivity contribution in [3.63, 3.8) is 0 Å². The lowest BCUT2D eigenvalue weighted by molar-refractivity contribution is -0.136. The standard InChI is InChI=1S/C25H29ClF2N2O4S/c26-19-5-7-20(8-6-19)34-18-25(16-24(31)29-12-2-1-3-13-29)11-4-14-30(17-25)35(32,33)21-9-10-22(27)23(28)15-21/h5-10,15H,1-4,11-14,16-18H2/t25-/m1/s1. The SMILES string of the molecule is O=C(C[C@]1(COc2ccc(Cl)cc2)CCCN(S(=O)(=O)c2ccc(F)c(F)c2)C1)N1CCCCC1. The van der Waals surface area contributed by atoms with Crippen LogP contribution in [0.5, 0.6) is 5.75 Å². The minimum Gasteiger partial charge on any atom is -0.493 e. The Morgan fingerprint density at radius 2 is 1.69 bits per heavy atom. The van der Waals surface area contributed by atoms with Gasteiger partial charge in [0.2, 0.25) is 15.9 Å². The van der Waals surface area contributed by atoms with E-state index in [9.17, 15) is 22.0 Å². The molecule has 2 aromatic rings. The van der Waals surface area contributed by atoms with Crippen LogP contribution in [0.1, 0.15) is 38.5 Å². The number of halogens is 3. The van der Waals surface area contributed by atoms with E-state index in [-0.39, 0.29) is 36.9 Å². The topological polar surface area (TPSA) is 66.9 Å². The maximum absolute atomic E-state index is 13.8. The first kappa shape index (κ1) is 25.9. The summed E-state index contributed by atoms with van der Waals surface area (Å²) in [5.74, 6) is -1.78.